The zero-order valence-corrected chi connectivity index (χ0v) is 11.0. The molecule has 1 fully saturated rings. The van der Waals surface area contributed by atoms with E-state index in [0.717, 1.165) is 19.3 Å². The third-order valence-electron chi connectivity index (χ3n) is 3.90. The molecule has 0 radical (unpaired) electrons. The monoisotopic (exact) mass is 253 g/mol. The molecule has 3 atom stereocenters. The smallest absolute Gasteiger partial charge is 0.210 e. The predicted molar refractivity (Wildman–Crippen MR) is 70.1 cm³/mol. The molecule has 0 bridgehead atoms. The standard InChI is InChI=1S/C14H20O2S/c1-10-8-14(16)12(13(10)9-15)6-2-4-11-5-3-7-17-11/h3,5,7,10,12-13,15H,2,4,6,8-9H2,1H3/t10-,12-,13+/m1/s1/i15D. The second kappa shape index (κ2) is 5.78. The molecule has 0 aliphatic heterocycles. The summed E-state index contributed by atoms with van der Waals surface area (Å²) in [7, 11) is 0. The minimum Gasteiger partial charge on any atom is -0.396 e. The number of aryl methyl sites for hydroxylation is 1. The molecule has 1 saturated carbocycles. The first kappa shape index (κ1) is 11.4. The second-order valence-corrected chi connectivity index (χ2v) is 6.09. The van der Waals surface area contributed by atoms with E-state index < -0.39 is 0 Å². The van der Waals surface area contributed by atoms with Gasteiger partial charge in [-0.15, -0.1) is 11.3 Å². The fraction of sp³-hybridized carbons (Fsp3) is 0.643. The summed E-state index contributed by atoms with van der Waals surface area (Å²) in [6.07, 6.45) is 3.72. The van der Waals surface area contributed by atoms with Gasteiger partial charge in [0, 0.05) is 23.8 Å². The maximum absolute atomic E-state index is 11.9. The number of aliphatic hydroxyl groups is 1. The van der Waals surface area contributed by atoms with Crippen molar-refractivity contribution in [3.8, 4) is 0 Å². The predicted octanol–water partition coefficient (Wildman–Crippen LogP) is 2.90. The molecule has 1 aromatic heterocycles. The number of Topliss-reactive ketones (excluding diaryl/α,β-unsaturated/α-hetero) is 1. The lowest BCUT2D eigenvalue weighted by molar-refractivity contribution is -0.121. The van der Waals surface area contributed by atoms with Crippen LogP contribution in [-0.2, 0) is 11.2 Å². The van der Waals surface area contributed by atoms with Gasteiger partial charge in [-0.05, 0) is 42.5 Å². The fourth-order valence-electron chi connectivity index (χ4n) is 2.86. The number of hydrogen-bond donors (Lipinski definition) is 1. The molecule has 0 amide bonds. The van der Waals surface area contributed by atoms with Crippen molar-refractivity contribution in [2.24, 2.45) is 17.8 Å². The summed E-state index contributed by atoms with van der Waals surface area (Å²) in [5, 5.41) is 6.62. The van der Waals surface area contributed by atoms with Crippen molar-refractivity contribution in [1.29, 1.82) is 1.43 Å². The van der Waals surface area contributed by atoms with E-state index >= 15 is 0 Å². The van der Waals surface area contributed by atoms with Crippen LogP contribution in [0.5, 0.6) is 0 Å². The molecule has 1 aliphatic carbocycles. The Morgan fingerprint density at radius 3 is 3.24 bits per heavy atom. The van der Waals surface area contributed by atoms with Gasteiger partial charge in [0.15, 0.2) is 0 Å². The van der Waals surface area contributed by atoms with Crippen LogP contribution in [-0.4, -0.2) is 18.9 Å². The Kier molecular flexibility index (Phi) is 3.89. The topological polar surface area (TPSA) is 37.3 Å². The Morgan fingerprint density at radius 1 is 1.65 bits per heavy atom. The number of rotatable bonds is 6. The SMILES string of the molecule is [2H]OC[C@H]1[C@H](C)CC(=O)[C@@H]1CCCc1cccs1. The van der Waals surface area contributed by atoms with Crippen LogP contribution in [0.2, 0.25) is 0 Å². The van der Waals surface area contributed by atoms with Crippen LogP contribution in [0.4, 0.5) is 0 Å². The van der Waals surface area contributed by atoms with Gasteiger partial charge < -0.3 is 5.11 Å². The Bertz CT molecular complexity index is 377. The van der Waals surface area contributed by atoms with Gasteiger partial charge in [-0.25, -0.2) is 0 Å². The summed E-state index contributed by atoms with van der Waals surface area (Å²) in [5.74, 6) is 1.11. The van der Waals surface area contributed by atoms with E-state index in [2.05, 4.69) is 29.5 Å². The van der Waals surface area contributed by atoms with Crippen LogP contribution >= 0.6 is 11.3 Å². The summed E-state index contributed by atoms with van der Waals surface area (Å²) in [6, 6.07) is 4.22. The Hall–Kier alpha value is -0.670. The molecule has 0 aromatic carbocycles. The van der Waals surface area contributed by atoms with Crippen LogP contribution in [0, 0.1) is 17.8 Å². The normalized spacial score (nSPS) is 29.6. The lowest BCUT2D eigenvalue weighted by Crippen LogP contribution is -2.20. The number of thiophene rings is 1. The van der Waals surface area contributed by atoms with Gasteiger partial charge in [0.1, 0.15) is 5.78 Å². The summed E-state index contributed by atoms with van der Waals surface area (Å²) in [5.41, 5.74) is 0. The maximum atomic E-state index is 11.9. The van der Waals surface area contributed by atoms with E-state index in [9.17, 15) is 4.79 Å². The molecule has 0 spiro atoms. The minimum absolute atomic E-state index is 0.116. The largest absolute Gasteiger partial charge is 0.396 e. The van der Waals surface area contributed by atoms with Crippen LogP contribution in [0.15, 0.2) is 17.5 Å². The lowest BCUT2D eigenvalue weighted by atomic mass is 9.87. The zero-order chi connectivity index (χ0) is 13.0. The van der Waals surface area contributed by atoms with Crippen LogP contribution < -0.4 is 0 Å². The van der Waals surface area contributed by atoms with Gasteiger partial charge in [0.25, 0.3) is 0 Å². The first-order valence-corrected chi connectivity index (χ1v) is 7.23. The van der Waals surface area contributed by atoms with Crippen molar-refractivity contribution in [3.05, 3.63) is 22.4 Å². The number of carbonyl (C=O) groups excluding carboxylic acids is 1. The third kappa shape index (κ3) is 2.96. The summed E-state index contributed by atoms with van der Waals surface area (Å²) in [6.45, 7) is 2.50. The van der Waals surface area contributed by atoms with E-state index in [1.807, 2.05) is 0 Å². The molecule has 3 heteroatoms. The molecule has 1 aromatic rings. The third-order valence-corrected chi connectivity index (χ3v) is 4.83. The van der Waals surface area contributed by atoms with Gasteiger partial charge in [0.05, 0.1) is 0 Å². The molecule has 0 saturated heterocycles. The molecule has 94 valence electrons. The highest BCUT2D eigenvalue weighted by Gasteiger charge is 2.38. The van der Waals surface area contributed by atoms with Crippen molar-refractivity contribution in [3.63, 3.8) is 0 Å². The van der Waals surface area contributed by atoms with Gasteiger partial charge >= 0.3 is 0 Å². The molecule has 2 nitrogen and oxygen atoms in total. The van der Waals surface area contributed by atoms with E-state index in [1.165, 1.54) is 4.88 Å². The van der Waals surface area contributed by atoms with E-state index in [4.69, 9.17) is 1.43 Å². The minimum atomic E-state index is 0.116. The second-order valence-electron chi connectivity index (χ2n) is 5.06. The Balaban J connectivity index is 1.84. The Morgan fingerprint density at radius 2 is 2.53 bits per heavy atom. The van der Waals surface area contributed by atoms with E-state index in [1.54, 1.807) is 11.3 Å². The average molecular weight is 253 g/mol. The maximum Gasteiger partial charge on any atom is 0.210 e. The average Bonchev–Trinajstić information content (AvgIpc) is 2.92. The first-order chi connectivity index (χ1) is 8.72. The molecule has 1 N–H and O–H groups in total. The van der Waals surface area contributed by atoms with Crippen LogP contribution in [0.3, 0.4) is 0 Å². The molecule has 17 heavy (non-hydrogen) atoms. The molecular formula is C14H20O2S. The molecule has 2 rings (SSSR count). The van der Waals surface area contributed by atoms with E-state index in [-0.39, 0.29) is 11.8 Å². The highest BCUT2D eigenvalue weighted by atomic mass is 32.1. The zero-order valence-electron chi connectivity index (χ0n) is 11.2. The number of hydrogen-bond acceptors (Lipinski definition) is 3. The highest BCUT2D eigenvalue weighted by molar-refractivity contribution is 7.09. The van der Waals surface area contributed by atoms with Gasteiger partial charge in [0.2, 0.25) is 1.43 Å². The van der Waals surface area contributed by atoms with Crippen molar-refractivity contribution in [1.82, 2.24) is 0 Å². The fourth-order valence-corrected chi connectivity index (χ4v) is 3.61. The van der Waals surface area contributed by atoms with Crippen molar-refractivity contribution in [2.75, 3.05) is 6.61 Å². The Labute approximate surface area is 108 Å². The molecule has 0 unspecified atom stereocenters. The van der Waals surface area contributed by atoms with Gasteiger partial charge in [-0.3, -0.25) is 4.79 Å². The highest BCUT2D eigenvalue weighted by Crippen LogP contribution is 2.36. The molecule has 1 heterocycles. The molecule has 1 aliphatic rings. The number of carbonyl (C=O) groups is 1. The summed E-state index contributed by atoms with van der Waals surface area (Å²) >= 11 is 1.78. The van der Waals surface area contributed by atoms with Gasteiger partial charge in [-0.1, -0.05) is 13.0 Å². The number of ketones is 1. The first-order valence-electron chi connectivity index (χ1n) is 6.76. The van der Waals surface area contributed by atoms with Crippen LogP contribution in [0.25, 0.3) is 0 Å². The van der Waals surface area contributed by atoms with Crippen molar-refractivity contribution >= 4 is 17.1 Å². The lowest BCUT2D eigenvalue weighted by Gasteiger charge is -2.18. The van der Waals surface area contributed by atoms with Gasteiger partial charge in [-0.2, -0.15) is 0 Å². The van der Waals surface area contributed by atoms with Crippen molar-refractivity contribution in [2.45, 2.75) is 32.6 Å². The summed E-state index contributed by atoms with van der Waals surface area (Å²) in [4.78, 5) is 13.3. The number of aliphatic hydroxyl groups excluding tert-OH is 1. The van der Waals surface area contributed by atoms with Crippen LogP contribution in [0.1, 0.15) is 31.1 Å². The molecular weight excluding hydrogens is 232 g/mol. The quantitative estimate of drug-likeness (QED) is 0.846. The summed E-state index contributed by atoms with van der Waals surface area (Å²) < 4.78 is 6.89. The van der Waals surface area contributed by atoms with E-state index in [0.29, 0.717) is 24.7 Å². The van der Waals surface area contributed by atoms with Crippen molar-refractivity contribution < 1.29 is 9.90 Å².